The van der Waals surface area contributed by atoms with E-state index in [0.29, 0.717) is 12.3 Å². The predicted molar refractivity (Wildman–Crippen MR) is 194 cm³/mol. The van der Waals surface area contributed by atoms with E-state index >= 15 is 0 Å². The number of fused-ring (bicyclic) bond motifs is 2. The average Bonchev–Trinajstić information content (AvgIpc) is 3.69. The van der Waals surface area contributed by atoms with Crippen molar-refractivity contribution in [3.05, 3.63) is 72.3 Å². The Morgan fingerprint density at radius 1 is 0.765 bits per heavy atom. The number of likely N-dealkylation sites (N-methyl/N-ethyl adjacent to an activating group) is 1. The number of ketones is 1. The molecular formula is C38H50N6O7. The van der Waals surface area contributed by atoms with Crippen LogP contribution in [0.1, 0.15) is 31.2 Å². The highest BCUT2D eigenvalue weighted by Gasteiger charge is 2.64. The molecule has 0 bridgehead atoms. The summed E-state index contributed by atoms with van der Waals surface area (Å²) in [5.41, 5.74) is 3.00. The third-order valence-corrected chi connectivity index (χ3v) is 10.2. The number of imide groups is 2. The number of piperidine rings is 2. The van der Waals surface area contributed by atoms with Crippen LogP contribution in [-0.2, 0) is 28.8 Å². The highest BCUT2D eigenvalue weighted by molar-refractivity contribution is 6.12. The largest absolute Gasteiger partial charge is 0.480 e. The number of Topliss-reactive ketones (excluding diaryl/α,β-unsaturated/α-hetero) is 1. The molecule has 0 aliphatic carbocycles. The van der Waals surface area contributed by atoms with Crippen LogP contribution >= 0.6 is 0 Å². The first-order valence-corrected chi connectivity index (χ1v) is 17.3. The lowest BCUT2D eigenvalue weighted by Gasteiger charge is -2.48. The van der Waals surface area contributed by atoms with E-state index in [4.69, 9.17) is 5.11 Å². The van der Waals surface area contributed by atoms with Gasteiger partial charge in [0.2, 0.25) is 11.8 Å². The number of para-hydroxylation sites is 2. The number of nitrogens with one attached hydrogen (secondary N) is 1. The fraction of sp³-hybridized carbons (Fsp3) is 0.474. The second kappa shape index (κ2) is 17.4. The zero-order valence-electron chi connectivity index (χ0n) is 30.2. The molecule has 2 N–H and O–H groups in total. The van der Waals surface area contributed by atoms with Crippen molar-refractivity contribution in [3.8, 4) is 0 Å². The average molecular weight is 703 g/mol. The van der Waals surface area contributed by atoms with Gasteiger partial charge in [0.1, 0.15) is 12.3 Å². The lowest BCUT2D eigenvalue weighted by Crippen LogP contribution is -2.57. The van der Waals surface area contributed by atoms with Crippen LogP contribution in [0.5, 0.6) is 0 Å². The third-order valence-electron chi connectivity index (χ3n) is 10.2. The predicted octanol–water partition coefficient (Wildman–Crippen LogP) is 2.52. The van der Waals surface area contributed by atoms with Gasteiger partial charge in [0, 0.05) is 83.2 Å². The minimum absolute atomic E-state index is 0.000567. The van der Waals surface area contributed by atoms with Gasteiger partial charge < -0.3 is 25.1 Å². The molecule has 1 spiro atoms. The Balaban J connectivity index is 0.000000178. The number of carbonyl (C=O) groups excluding carboxylic acids is 5. The molecule has 4 amide bonds. The Morgan fingerprint density at radius 2 is 1.31 bits per heavy atom. The summed E-state index contributed by atoms with van der Waals surface area (Å²) in [6.45, 7) is 6.59. The molecule has 2 unspecified atom stereocenters. The number of likely N-dealkylation sites (tertiary alicyclic amines) is 3. The van der Waals surface area contributed by atoms with E-state index in [2.05, 4.69) is 52.2 Å². The molecule has 0 saturated carbocycles. The molecule has 0 radical (unpaired) electrons. The van der Waals surface area contributed by atoms with Crippen molar-refractivity contribution in [1.29, 1.82) is 0 Å². The van der Waals surface area contributed by atoms with Crippen LogP contribution in [0.4, 0.5) is 11.4 Å². The number of amides is 4. The van der Waals surface area contributed by atoms with Crippen LogP contribution in [0.2, 0.25) is 0 Å². The Kier molecular flexibility index (Phi) is 13.2. The summed E-state index contributed by atoms with van der Waals surface area (Å²) in [6, 6.07) is 17.6. The Morgan fingerprint density at radius 3 is 1.82 bits per heavy atom. The minimum atomic E-state index is -0.853. The molecule has 2 atom stereocenters. The molecule has 274 valence electrons. The first-order chi connectivity index (χ1) is 24.2. The lowest BCUT2D eigenvalue weighted by molar-refractivity contribution is -0.139. The zero-order valence-corrected chi connectivity index (χ0v) is 30.2. The molecule has 51 heavy (non-hydrogen) atoms. The zero-order chi connectivity index (χ0) is 37.3. The summed E-state index contributed by atoms with van der Waals surface area (Å²) in [5.74, 6) is -1.28. The second-order valence-corrected chi connectivity index (χ2v) is 13.6. The maximum Gasteiger partial charge on any atom is 0.322 e. The number of aliphatic carboxylic acids is 1. The molecule has 13 nitrogen and oxygen atoms in total. The van der Waals surface area contributed by atoms with Gasteiger partial charge in [-0.05, 0) is 57.6 Å². The highest BCUT2D eigenvalue weighted by atomic mass is 16.4. The number of nitrogens with zero attached hydrogens (tertiary/aromatic N) is 5. The number of carbonyl (C=O) groups is 6. The lowest BCUT2D eigenvalue weighted by atomic mass is 9.74. The van der Waals surface area contributed by atoms with E-state index in [1.54, 1.807) is 7.05 Å². The van der Waals surface area contributed by atoms with E-state index in [9.17, 15) is 28.8 Å². The molecule has 13 heteroatoms. The van der Waals surface area contributed by atoms with Crippen molar-refractivity contribution in [2.45, 2.75) is 38.1 Å². The molecule has 5 aliphatic heterocycles. The van der Waals surface area contributed by atoms with E-state index in [-0.39, 0.29) is 47.5 Å². The van der Waals surface area contributed by atoms with Gasteiger partial charge in [-0.25, -0.2) is 0 Å². The van der Waals surface area contributed by atoms with Crippen LogP contribution in [0.15, 0.2) is 66.7 Å². The number of hydrogen-bond donors (Lipinski definition) is 2. The summed E-state index contributed by atoms with van der Waals surface area (Å²) in [6.07, 6.45) is 5.90. The second-order valence-electron chi connectivity index (χ2n) is 13.6. The van der Waals surface area contributed by atoms with E-state index in [1.807, 2.05) is 43.4 Å². The van der Waals surface area contributed by atoms with Crippen LogP contribution in [-0.4, -0.2) is 133 Å². The molecule has 4 saturated heterocycles. The fourth-order valence-corrected chi connectivity index (χ4v) is 7.08. The van der Waals surface area contributed by atoms with Gasteiger partial charge in [-0.15, -0.1) is 0 Å². The standard InChI is InChI=1S/C19H25N3O2.C8H9NO2.C6H11NO.C5H5NO2/c1-13-6-4-5-7-15(13)22-12-14-16(18(24)21(3)17(14)23)19(22)8-10-20(2)11-9-19;10-8(11)6-9-7-4-2-1-3-5-7;1-7-4-2-6(8)3-5-7;1-6-4(7)2-3-5(6)8/h4-7,14,16H,8-12H2,1-3H3;1-5,9H,6H2,(H,10,11);2-5H2,1H3;2-3H,1H3. The Labute approximate surface area is 299 Å². The number of hydrogen-bond acceptors (Lipinski definition) is 10. The van der Waals surface area contributed by atoms with Crippen molar-refractivity contribution in [2.75, 3.05) is 77.7 Å². The molecule has 5 heterocycles. The van der Waals surface area contributed by atoms with E-state index in [0.717, 1.165) is 62.4 Å². The maximum atomic E-state index is 12.9. The first kappa shape index (κ1) is 38.9. The van der Waals surface area contributed by atoms with Crippen LogP contribution in [0.3, 0.4) is 0 Å². The van der Waals surface area contributed by atoms with Gasteiger partial charge in [0.25, 0.3) is 11.8 Å². The van der Waals surface area contributed by atoms with Crippen molar-refractivity contribution in [2.24, 2.45) is 11.8 Å². The molecule has 2 aromatic carbocycles. The fourth-order valence-electron chi connectivity index (χ4n) is 7.08. The first-order valence-electron chi connectivity index (χ1n) is 17.3. The molecule has 2 aromatic rings. The van der Waals surface area contributed by atoms with Gasteiger partial charge in [-0.2, -0.15) is 0 Å². The van der Waals surface area contributed by atoms with Crippen molar-refractivity contribution < 1.29 is 33.9 Å². The summed E-state index contributed by atoms with van der Waals surface area (Å²) < 4.78 is 0. The Hall–Kier alpha value is -4.88. The number of carboxylic acids is 1. The Bertz CT molecular complexity index is 1590. The summed E-state index contributed by atoms with van der Waals surface area (Å²) in [4.78, 5) is 76.3. The number of aryl methyl sites for hydroxylation is 1. The number of rotatable bonds is 4. The smallest absolute Gasteiger partial charge is 0.322 e. The van der Waals surface area contributed by atoms with Crippen molar-refractivity contribution in [3.63, 3.8) is 0 Å². The van der Waals surface area contributed by atoms with Crippen LogP contribution in [0.25, 0.3) is 0 Å². The maximum absolute atomic E-state index is 12.9. The topological polar surface area (TPSA) is 151 Å². The molecular weight excluding hydrogens is 652 g/mol. The monoisotopic (exact) mass is 702 g/mol. The molecule has 4 fully saturated rings. The van der Waals surface area contributed by atoms with Gasteiger partial charge in [-0.1, -0.05) is 36.4 Å². The van der Waals surface area contributed by atoms with Crippen molar-refractivity contribution >= 4 is 46.8 Å². The van der Waals surface area contributed by atoms with Gasteiger partial charge in [0.15, 0.2) is 0 Å². The van der Waals surface area contributed by atoms with Crippen molar-refractivity contribution in [1.82, 2.24) is 19.6 Å². The number of anilines is 2. The normalized spacial score (nSPS) is 22.5. The summed E-state index contributed by atoms with van der Waals surface area (Å²) in [5, 5.41) is 11.1. The van der Waals surface area contributed by atoms with E-state index in [1.165, 1.54) is 35.4 Å². The van der Waals surface area contributed by atoms with Gasteiger partial charge in [-0.3, -0.25) is 38.6 Å². The van der Waals surface area contributed by atoms with Gasteiger partial charge in [0.05, 0.1) is 17.4 Å². The quantitative estimate of drug-likeness (QED) is 0.453. The SMILES string of the molecule is CN1C(=O)C=CC1=O.CN1CCC(=O)CC1.Cc1ccccc1N1CC2C(=O)N(C)C(=O)C2C12CCN(C)CC2.O=C(O)CNc1ccccc1. The summed E-state index contributed by atoms with van der Waals surface area (Å²) >= 11 is 0. The van der Waals surface area contributed by atoms with E-state index < -0.39 is 5.97 Å². The van der Waals surface area contributed by atoms with Crippen LogP contribution in [0, 0.1) is 18.8 Å². The molecule has 5 aliphatic rings. The molecule has 0 aromatic heterocycles. The minimum Gasteiger partial charge on any atom is -0.480 e. The molecule has 7 rings (SSSR count). The van der Waals surface area contributed by atoms with Crippen LogP contribution < -0.4 is 10.2 Å². The number of carboxylic acid groups (broad SMARTS) is 1. The third kappa shape index (κ3) is 9.47. The van der Waals surface area contributed by atoms with Gasteiger partial charge >= 0.3 is 5.97 Å². The highest BCUT2D eigenvalue weighted by Crippen LogP contribution is 2.51. The summed E-state index contributed by atoms with van der Waals surface area (Å²) in [7, 11) is 7.27. The number of benzene rings is 2.